The fourth-order valence-electron chi connectivity index (χ4n) is 1.93. The third-order valence-corrected chi connectivity index (χ3v) is 3.01. The quantitative estimate of drug-likeness (QED) is 0.819. The first-order valence-corrected chi connectivity index (χ1v) is 5.98. The van der Waals surface area contributed by atoms with Gasteiger partial charge in [0, 0.05) is 19.2 Å². The number of nitrogens with zero attached hydrogens (tertiary/aromatic N) is 1. The zero-order valence-electron chi connectivity index (χ0n) is 10.4. The Morgan fingerprint density at radius 2 is 2.17 bits per heavy atom. The molecule has 1 fully saturated rings. The number of rotatable bonds is 3. The molecule has 1 aliphatic heterocycles. The number of aliphatic hydroxyl groups is 1. The van der Waals surface area contributed by atoms with Crippen molar-refractivity contribution < 1.29 is 14.6 Å². The lowest BCUT2D eigenvalue weighted by molar-refractivity contribution is -0.125. The van der Waals surface area contributed by atoms with E-state index in [-0.39, 0.29) is 12.0 Å². The molecule has 1 N–H and O–H groups in total. The van der Waals surface area contributed by atoms with Gasteiger partial charge in [0.2, 0.25) is 5.91 Å². The third kappa shape index (κ3) is 3.11. The highest BCUT2D eigenvalue weighted by molar-refractivity contribution is 5.92. The first-order valence-electron chi connectivity index (χ1n) is 5.98. The van der Waals surface area contributed by atoms with Crippen molar-refractivity contribution in [1.29, 1.82) is 0 Å². The number of aliphatic hydroxyl groups excluding tert-OH is 1. The van der Waals surface area contributed by atoms with E-state index in [2.05, 4.69) is 0 Å². The molecule has 0 unspecified atom stereocenters. The Kier molecular flexibility index (Phi) is 3.99. The van der Waals surface area contributed by atoms with Gasteiger partial charge in [-0.05, 0) is 30.2 Å². The molecule has 96 valence electrons. The van der Waals surface area contributed by atoms with Crippen LogP contribution in [0.25, 0.3) is 6.08 Å². The molecule has 0 radical (unpaired) electrons. The highest BCUT2D eigenvalue weighted by atomic mass is 16.5. The van der Waals surface area contributed by atoms with Crippen molar-refractivity contribution >= 4 is 12.0 Å². The van der Waals surface area contributed by atoms with Crippen molar-refractivity contribution in [2.75, 3.05) is 20.2 Å². The van der Waals surface area contributed by atoms with Gasteiger partial charge in [0.25, 0.3) is 0 Å². The number of hydrogen-bond acceptors (Lipinski definition) is 3. The van der Waals surface area contributed by atoms with E-state index in [4.69, 9.17) is 4.74 Å². The number of amides is 1. The molecular weight excluding hydrogens is 230 g/mol. The molecule has 1 aliphatic rings. The second kappa shape index (κ2) is 5.69. The summed E-state index contributed by atoms with van der Waals surface area (Å²) in [5.41, 5.74) is 0.948. The van der Waals surface area contributed by atoms with E-state index in [1.165, 1.54) is 0 Å². The molecule has 0 saturated carbocycles. The van der Waals surface area contributed by atoms with Crippen LogP contribution in [0.1, 0.15) is 12.0 Å². The van der Waals surface area contributed by atoms with Gasteiger partial charge in [-0.25, -0.2) is 0 Å². The predicted octanol–water partition coefficient (Wildman–Crippen LogP) is 1.30. The lowest BCUT2D eigenvalue weighted by Gasteiger charge is -2.12. The van der Waals surface area contributed by atoms with E-state index < -0.39 is 0 Å². The molecule has 1 aromatic rings. The van der Waals surface area contributed by atoms with Gasteiger partial charge < -0.3 is 14.7 Å². The average molecular weight is 247 g/mol. The minimum atomic E-state index is -0.372. The molecule has 2 rings (SSSR count). The van der Waals surface area contributed by atoms with Gasteiger partial charge in [-0.1, -0.05) is 12.1 Å². The average Bonchev–Trinajstić information content (AvgIpc) is 2.83. The summed E-state index contributed by atoms with van der Waals surface area (Å²) in [5, 5.41) is 9.36. The summed E-state index contributed by atoms with van der Waals surface area (Å²) >= 11 is 0. The van der Waals surface area contributed by atoms with E-state index in [1.54, 1.807) is 24.2 Å². The Labute approximate surface area is 106 Å². The number of methoxy groups -OCH3 is 1. The van der Waals surface area contributed by atoms with Gasteiger partial charge >= 0.3 is 0 Å². The summed E-state index contributed by atoms with van der Waals surface area (Å²) in [7, 11) is 1.62. The Balaban J connectivity index is 1.95. The van der Waals surface area contributed by atoms with Crippen LogP contribution < -0.4 is 4.74 Å². The SMILES string of the molecule is COc1ccc(/C=C/C(=O)N2CC[C@H](O)C2)cc1. The molecule has 1 heterocycles. The van der Waals surface area contributed by atoms with Crippen LogP contribution in [0.3, 0.4) is 0 Å². The van der Waals surface area contributed by atoms with Crippen molar-refractivity contribution in [3.8, 4) is 5.75 Å². The molecule has 1 saturated heterocycles. The zero-order valence-corrected chi connectivity index (χ0v) is 10.4. The minimum absolute atomic E-state index is 0.0534. The smallest absolute Gasteiger partial charge is 0.246 e. The summed E-state index contributed by atoms with van der Waals surface area (Å²) in [5.74, 6) is 0.739. The van der Waals surface area contributed by atoms with Crippen LogP contribution in [-0.2, 0) is 4.79 Å². The molecule has 4 nitrogen and oxygen atoms in total. The predicted molar refractivity (Wildman–Crippen MR) is 69.2 cm³/mol. The van der Waals surface area contributed by atoms with E-state index in [9.17, 15) is 9.90 Å². The molecule has 18 heavy (non-hydrogen) atoms. The summed E-state index contributed by atoms with van der Waals surface area (Å²) < 4.78 is 5.06. The van der Waals surface area contributed by atoms with E-state index in [0.717, 1.165) is 11.3 Å². The van der Waals surface area contributed by atoms with Crippen molar-refractivity contribution in [1.82, 2.24) is 4.90 Å². The maximum Gasteiger partial charge on any atom is 0.246 e. The van der Waals surface area contributed by atoms with Gasteiger partial charge in [-0.15, -0.1) is 0 Å². The van der Waals surface area contributed by atoms with Gasteiger partial charge in [-0.3, -0.25) is 4.79 Å². The molecule has 0 spiro atoms. The number of β-amino-alcohol motifs (C(OH)–C–C–N with tert-alkyl or cyclic N) is 1. The van der Waals surface area contributed by atoms with Crippen LogP contribution >= 0.6 is 0 Å². The van der Waals surface area contributed by atoms with Gasteiger partial charge in [0.15, 0.2) is 0 Å². The molecule has 0 bridgehead atoms. The number of likely N-dealkylation sites (tertiary alicyclic amines) is 1. The van der Waals surface area contributed by atoms with Crippen LogP contribution in [0.2, 0.25) is 0 Å². The van der Waals surface area contributed by atoms with Crippen molar-refractivity contribution in [2.24, 2.45) is 0 Å². The molecular formula is C14H17NO3. The van der Waals surface area contributed by atoms with Crippen molar-refractivity contribution in [3.63, 3.8) is 0 Å². The Morgan fingerprint density at radius 3 is 2.72 bits per heavy atom. The van der Waals surface area contributed by atoms with Gasteiger partial charge in [-0.2, -0.15) is 0 Å². The number of carbonyl (C=O) groups excluding carboxylic acids is 1. The van der Waals surface area contributed by atoms with Crippen LogP contribution in [0, 0.1) is 0 Å². The van der Waals surface area contributed by atoms with Crippen molar-refractivity contribution in [3.05, 3.63) is 35.9 Å². The summed E-state index contributed by atoms with van der Waals surface area (Å²) in [6.07, 6.45) is 3.61. The third-order valence-electron chi connectivity index (χ3n) is 3.01. The molecule has 0 aromatic heterocycles. The standard InChI is InChI=1S/C14H17NO3/c1-18-13-5-2-11(3-6-13)4-7-14(17)15-9-8-12(16)10-15/h2-7,12,16H,8-10H2,1H3/b7-4+/t12-/m0/s1. The molecule has 1 amide bonds. The zero-order chi connectivity index (χ0) is 13.0. The highest BCUT2D eigenvalue weighted by Gasteiger charge is 2.22. The monoisotopic (exact) mass is 247 g/mol. The summed E-state index contributed by atoms with van der Waals surface area (Å²) in [6, 6.07) is 7.48. The number of carbonyl (C=O) groups is 1. The van der Waals surface area contributed by atoms with Gasteiger partial charge in [0.05, 0.1) is 13.2 Å². The maximum absolute atomic E-state index is 11.8. The normalized spacial score (nSPS) is 19.4. The first-order chi connectivity index (χ1) is 8.69. The fourth-order valence-corrected chi connectivity index (χ4v) is 1.93. The van der Waals surface area contributed by atoms with E-state index in [1.807, 2.05) is 24.3 Å². The molecule has 1 atom stereocenters. The highest BCUT2D eigenvalue weighted by Crippen LogP contribution is 2.13. The fraction of sp³-hybridized carbons (Fsp3) is 0.357. The number of ether oxygens (including phenoxy) is 1. The van der Waals surface area contributed by atoms with Gasteiger partial charge in [0.1, 0.15) is 5.75 Å². The Hall–Kier alpha value is -1.81. The first kappa shape index (κ1) is 12.6. The Morgan fingerprint density at radius 1 is 1.44 bits per heavy atom. The molecule has 1 aromatic carbocycles. The van der Waals surface area contributed by atoms with Crippen LogP contribution in [0.5, 0.6) is 5.75 Å². The van der Waals surface area contributed by atoms with Crippen LogP contribution in [0.4, 0.5) is 0 Å². The summed E-state index contributed by atoms with van der Waals surface area (Å²) in [6.45, 7) is 1.07. The van der Waals surface area contributed by atoms with Crippen LogP contribution in [0.15, 0.2) is 30.3 Å². The topological polar surface area (TPSA) is 49.8 Å². The van der Waals surface area contributed by atoms with Crippen molar-refractivity contribution in [2.45, 2.75) is 12.5 Å². The second-order valence-corrected chi connectivity index (χ2v) is 4.33. The minimum Gasteiger partial charge on any atom is -0.497 e. The van der Waals surface area contributed by atoms with E-state index >= 15 is 0 Å². The lowest BCUT2D eigenvalue weighted by atomic mass is 10.2. The van der Waals surface area contributed by atoms with E-state index in [0.29, 0.717) is 19.5 Å². The number of benzene rings is 1. The molecule has 0 aliphatic carbocycles. The number of hydrogen-bond donors (Lipinski definition) is 1. The summed E-state index contributed by atoms with van der Waals surface area (Å²) in [4.78, 5) is 13.4. The second-order valence-electron chi connectivity index (χ2n) is 4.33. The lowest BCUT2D eigenvalue weighted by Crippen LogP contribution is -2.27. The largest absolute Gasteiger partial charge is 0.497 e. The molecule has 4 heteroatoms. The van der Waals surface area contributed by atoms with Crippen LogP contribution in [-0.4, -0.2) is 42.2 Å². The maximum atomic E-state index is 11.8. The Bertz CT molecular complexity index is 439.